The maximum absolute atomic E-state index is 9.08. The highest BCUT2D eigenvalue weighted by atomic mass is 35.5. The maximum atomic E-state index is 9.08. The van der Waals surface area contributed by atoms with Gasteiger partial charge in [-0.15, -0.1) is 16.4 Å². The highest BCUT2D eigenvalue weighted by molar-refractivity contribution is 7.13. The van der Waals surface area contributed by atoms with Crippen molar-refractivity contribution in [3.8, 4) is 28.7 Å². The molecule has 8 nitrogen and oxygen atoms in total. The van der Waals surface area contributed by atoms with Gasteiger partial charge in [-0.25, -0.2) is 19.6 Å². The molecule has 0 unspecified atom stereocenters. The predicted molar refractivity (Wildman–Crippen MR) is 102 cm³/mol. The van der Waals surface area contributed by atoms with Gasteiger partial charge in [0, 0.05) is 10.9 Å². The Hall–Kier alpha value is -3.35. The minimum absolute atomic E-state index is 0.116. The van der Waals surface area contributed by atoms with E-state index in [1.807, 2.05) is 11.4 Å². The van der Waals surface area contributed by atoms with Crippen molar-refractivity contribution in [1.29, 1.82) is 5.26 Å². The van der Waals surface area contributed by atoms with E-state index in [9.17, 15) is 0 Å². The number of hydrogen-bond donors (Lipinski definition) is 1. The van der Waals surface area contributed by atoms with Crippen LogP contribution >= 0.6 is 22.9 Å². The van der Waals surface area contributed by atoms with Crippen molar-refractivity contribution >= 4 is 28.9 Å². The molecule has 4 rings (SSSR count). The summed E-state index contributed by atoms with van der Waals surface area (Å²) in [5, 5.41) is 19.2. The van der Waals surface area contributed by atoms with Crippen LogP contribution in [0.3, 0.4) is 0 Å². The molecule has 0 spiro atoms. The lowest BCUT2D eigenvalue weighted by molar-refractivity contribution is 0.641. The molecule has 0 atom stereocenters. The van der Waals surface area contributed by atoms with Gasteiger partial charge in [0.1, 0.15) is 5.69 Å². The van der Waals surface area contributed by atoms with Crippen molar-refractivity contribution < 1.29 is 0 Å². The number of aromatic nitrogens is 6. The first-order chi connectivity index (χ1) is 13.1. The SMILES string of the molecule is N#Cc1cccc(-c2cc(-c3cn(Cc4csc(Cl)n4)nn3)nc(N)n2)c1. The number of halogens is 1. The molecule has 4 aromatic rings. The number of nitrogens with zero attached hydrogens (tertiary/aromatic N) is 7. The monoisotopic (exact) mass is 394 g/mol. The molecule has 1 aromatic carbocycles. The van der Waals surface area contributed by atoms with Crippen LogP contribution in [0.15, 0.2) is 41.9 Å². The van der Waals surface area contributed by atoms with E-state index in [0.29, 0.717) is 33.7 Å². The summed E-state index contributed by atoms with van der Waals surface area (Å²) in [4.78, 5) is 12.7. The fourth-order valence-electron chi connectivity index (χ4n) is 2.51. The normalized spacial score (nSPS) is 10.7. The van der Waals surface area contributed by atoms with Gasteiger partial charge in [0.2, 0.25) is 5.95 Å². The molecule has 3 heterocycles. The summed E-state index contributed by atoms with van der Waals surface area (Å²) in [6.07, 6.45) is 1.75. The number of nitrogen functional groups attached to an aromatic ring is 1. The van der Waals surface area contributed by atoms with E-state index in [1.165, 1.54) is 11.3 Å². The number of hydrogen-bond acceptors (Lipinski definition) is 8. The molecule has 0 amide bonds. The van der Waals surface area contributed by atoms with Crippen LogP contribution in [0, 0.1) is 11.3 Å². The topological polar surface area (TPSA) is 119 Å². The highest BCUT2D eigenvalue weighted by Gasteiger charge is 2.12. The molecule has 10 heteroatoms. The summed E-state index contributed by atoms with van der Waals surface area (Å²) >= 11 is 7.22. The smallest absolute Gasteiger partial charge is 0.221 e. The van der Waals surface area contributed by atoms with Crippen LogP contribution in [-0.2, 0) is 6.54 Å². The average Bonchev–Trinajstić information content (AvgIpc) is 3.30. The van der Waals surface area contributed by atoms with Gasteiger partial charge in [-0.2, -0.15) is 5.26 Å². The molecule has 0 aliphatic carbocycles. The van der Waals surface area contributed by atoms with Gasteiger partial charge in [-0.1, -0.05) is 28.9 Å². The zero-order valence-corrected chi connectivity index (χ0v) is 15.3. The third-order valence-electron chi connectivity index (χ3n) is 3.68. The Morgan fingerprint density at radius 2 is 2.00 bits per heavy atom. The molecule has 0 aliphatic rings. The number of nitrogens with two attached hydrogens (primary N) is 1. The molecule has 27 heavy (non-hydrogen) atoms. The second kappa shape index (κ2) is 7.11. The molecule has 0 saturated heterocycles. The van der Waals surface area contributed by atoms with Crippen LogP contribution in [0.4, 0.5) is 5.95 Å². The molecule has 3 aromatic heterocycles. The Morgan fingerprint density at radius 1 is 1.15 bits per heavy atom. The zero-order valence-electron chi connectivity index (χ0n) is 13.7. The van der Waals surface area contributed by atoms with E-state index in [4.69, 9.17) is 22.6 Å². The number of nitriles is 1. The summed E-state index contributed by atoms with van der Waals surface area (Å²) in [7, 11) is 0. The molecule has 132 valence electrons. The number of benzene rings is 1. The van der Waals surface area contributed by atoms with Crippen molar-refractivity contribution in [2.45, 2.75) is 6.54 Å². The Bertz CT molecular complexity index is 1160. The van der Waals surface area contributed by atoms with E-state index >= 15 is 0 Å². The summed E-state index contributed by atoms with van der Waals surface area (Å²) in [6, 6.07) is 11.0. The van der Waals surface area contributed by atoms with Gasteiger partial charge in [-0.3, -0.25) is 0 Å². The zero-order chi connectivity index (χ0) is 18.8. The van der Waals surface area contributed by atoms with Crippen molar-refractivity contribution in [3.05, 3.63) is 57.6 Å². The largest absolute Gasteiger partial charge is 0.368 e. The highest BCUT2D eigenvalue weighted by Crippen LogP contribution is 2.24. The van der Waals surface area contributed by atoms with E-state index in [0.717, 1.165) is 11.3 Å². The lowest BCUT2D eigenvalue weighted by atomic mass is 10.1. The first-order valence-corrected chi connectivity index (χ1v) is 9.02. The standard InChI is InChI=1S/C17H11ClN8S/c18-16-21-12(9-27-16)7-26-8-15(24-25-26)14-5-13(22-17(20)23-14)11-3-1-2-10(4-11)6-19/h1-5,8-9H,7H2,(H2,20,22,23). The summed E-state index contributed by atoms with van der Waals surface area (Å²) in [5.41, 5.74) is 9.70. The molecular weight excluding hydrogens is 384 g/mol. The fourth-order valence-corrected chi connectivity index (χ4v) is 3.28. The van der Waals surface area contributed by atoms with E-state index < -0.39 is 0 Å². The van der Waals surface area contributed by atoms with Gasteiger partial charge >= 0.3 is 0 Å². The number of rotatable bonds is 4. The molecule has 0 bridgehead atoms. The van der Waals surface area contributed by atoms with Gasteiger partial charge < -0.3 is 5.73 Å². The van der Waals surface area contributed by atoms with Crippen molar-refractivity contribution in [2.24, 2.45) is 0 Å². The molecule has 0 aliphatic heterocycles. The Morgan fingerprint density at radius 3 is 2.78 bits per heavy atom. The van der Waals surface area contributed by atoms with Crippen LogP contribution < -0.4 is 5.73 Å². The lowest BCUT2D eigenvalue weighted by Crippen LogP contribution is -2.00. The van der Waals surface area contributed by atoms with Crippen molar-refractivity contribution in [3.63, 3.8) is 0 Å². The van der Waals surface area contributed by atoms with Crippen LogP contribution in [0.2, 0.25) is 4.47 Å². The number of anilines is 1. The number of thiazole rings is 1. The quantitative estimate of drug-likeness (QED) is 0.564. The Labute approximate surface area is 162 Å². The van der Waals surface area contributed by atoms with Crippen LogP contribution in [-0.4, -0.2) is 29.9 Å². The van der Waals surface area contributed by atoms with Gasteiger partial charge in [-0.05, 0) is 18.2 Å². The van der Waals surface area contributed by atoms with Gasteiger partial charge in [0.15, 0.2) is 4.47 Å². The second-order valence-corrected chi connectivity index (χ2v) is 7.02. The first kappa shape index (κ1) is 17.1. The van der Waals surface area contributed by atoms with Crippen LogP contribution in [0.5, 0.6) is 0 Å². The third-order valence-corrected chi connectivity index (χ3v) is 4.71. The maximum Gasteiger partial charge on any atom is 0.221 e. The summed E-state index contributed by atoms with van der Waals surface area (Å²) in [5.74, 6) is 0.116. The molecule has 0 radical (unpaired) electrons. The molecular formula is C17H11ClN8S. The van der Waals surface area contributed by atoms with E-state index in [-0.39, 0.29) is 5.95 Å². The van der Waals surface area contributed by atoms with Gasteiger partial charge in [0.25, 0.3) is 0 Å². The second-order valence-electron chi connectivity index (χ2n) is 5.58. The van der Waals surface area contributed by atoms with E-state index in [2.05, 4.69) is 31.3 Å². The lowest BCUT2D eigenvalue weighted by Gasteiger charge is -2.04. The van der Waals surface area contributed by atoms with E-state index in [1.54, 1.807) is 35.1 Å². The Kier molecular flexibility index (Phi) is 4.50. The molecule has 0 fully saturated rings. The minimum atomic E-state index is 0.116. The average molecular weight is 395 g/mol. The fraction of sp³-hybridized carbons (Fsp3) is 0.0588. The first-order valence-electron chi connectivity index (χ1n) is 7.76. The molecule has 0 saturated carbocycles. The van der Waals surface area contributed by atoms with Crippen LogP contribution in [0.25, 0.3) is 22.6 Å². The summed E-state index contributed by atoms with van der Waals surface area (Å²) < 4.78 is 2.13. The third kappa shape index (κ3) is 3.76. The predicted octanol–water partition coefficient (Wildman–Crippen LogP) is 3.01. The summed E-state index contributed by atoms with van der Waals surface area (Å²) in [6.45, 7) is 0.452. The van der Waals surface area contributed by atoms with Gasteiger partial charge in [0.05, 0.1) is 41.5 Å². The Balaban J connectivity index is 1.66. The van der Waals surface area contributed by atoms with Crippen LogP contribution in [0.1, 0.15) is 11.3 Å². The molecule has 2 N–H and O–H groups in total. The van der Waals surface area contributed by atoms with Crippen molar-refractivity contribution in [1.82, 2.24) is 29.9 Å². The van der Waals surface area contributed by atoms with Crippen molar-refractivity contribution in [2.75, 3.05) is 5.73 Å². The minimum Gasteiger partial charge on any atom is -0.368 e.